The Morgan fingerprint density at radius 3 is 2.54 bits per heavy atom. The van der Waals surface area contributed by atoms with Crippen LogP contribution in [0.1, 0.15) is 15.9 Å². The zero-order valence-electron chi connectivity index (χ0n) is 14.1. The van der Waals surface area contributed by atoms with Crippen LogP contribution in [0.2, 0.25) is 0 Å². The molecular formula is C19H17F2N3OS. The fraction of sp³-hybridized carbons (Fsp3) is 0.158. The van der Waals surface area contributed by atoms with Gasteiger partial charge < -0.3 is 10.3 Å². The predicted octanol–water partition coefficient (Wildman–Crippen LogP) is 4.19. The van der Waals surface area contributed by atoms with E-state index in [1.807, 2.05) is 31.2 Å². The van der Waals surface area contributed by atoms with E-state index in [0.717, 1.165) is 23.4 Å². The fourth-order valence-electron chi connectivity index (χ4n) is 2.37. The molecule has 7 heteroatoms. The number of H-pyrrole nitrogens is 1. The quantitative estimate of drug-likeness (QED) is 0.503. The highest BCUT2D eigenvalue weighted by molar-refractivity contribution is 7.99. The Morgan fingerprint density at radius 2 is 1.85 bits per heavy atom. The summed E-state index contributed by atoms with van der Waals surface area (Å²) < 4.78 is 27.1. The number of carbonyl (C=O) groups is 1. The Kier molecular flexibility index (Phi) is 5.68. The van der Waals surface area contributed by atoms with Gasteiger partial charge in [0.15, 0.2) is 5.16 Å². The van der Waals surface area contributed by atoms with Gasteiger partial charge in [0.1, 0.15) is 17.2 Å². The Bertz CT molecular complexity index is 889. The first-order chi connectivity index (χ1) is 12.5. The van der Waals surface area contributed by atoms with Crippen LogP contribution in [-0.2, 0) is 0 Å². The van der Waals surface area contributed by atoms with Crippen LogP contribution in [-0.4, -0.2) is 28.2 Å². The van der Waals surface area contributed by atoms with E-state index >= 15 is 0 Å². The second-order valence-electron chi connectivity index (χ2n) is 5.67. The van der Waals surface area contributed by atoms with Crippen LogP contribution in [0.25, 0.3) is 11.3 Å². The summed E-state index contributed by atoms with van der Waals surface area (Å²) in [5.41, 5.74) is 2.57. The summed E-state index contributed by atoms with van der Waals surface area (Å²) in [6.07, 6.45) is 1.75. The van der Waals surface area contributed by atoms with Crippen molar-refractivity contribution < 1.29 is 13.6 Å². The van der Waals surface area contributed by atoms with Gasteiger partial charge in [-0.25, -0.2) is 13.8 Å². The number of hydrogen-bond acceptors (Lipinski definition) is 3. The summed E-state index contributed by atoms with van der Waals surface area (Å²) in [5, 5.41) is 3.23. The van der Waals surface area contributed by atoms with Gasteiger partial charge in [-0.15, -0.1) is 0 Å². The monoisotopic (exact) mass is 373 g/mol. The maximum atomic E-state index is 13.5. The van der Waals surface area contributed by atoms with Crippen molar-refractivity contribution in [2.45, 2.75) is 12.1 Å². The topological polar surface area (TPSA) is 57.8 Å². The van der Waals surface area contributed by atoms with E-state index in [2.05, 4.69) is 15.3 Å². The first-order valence-electron chi connectivity index (χ1n) is 8.01. The molecule has 0 aliphatic heterocycles. The van der Waals surface area contributed by atoms with Gasteiger partial charge in [0.25, 0.3) is 5.91 Å². The molecule has 0 saturated carbocycles. The van der Waals surface area contributed by atoms with E-state index in [1.165, 1.54) is 23.4 Å². The molecule has 0 bridgehead atoms. The number of aryl methyl sites for hydroxylation is 1. The number of aromatic amines is 1. The van der Waals surface area contributed by atoms with E-state index in [9.17, 15) is 13.6 Å². The summed E-state index contributed by atoms with van der Waals surface area (Å²) >= 11 is 1.42. The molecule has 2 aromatic carbocycles. The van der Waals surface area contributed by atoms with Gasteiger partial charge in [0, 0.05) is 12.3 Å². The van der Waals surface area contributed by atoms with E-state index in [-0.39, 0.29) is 6.54 Å². The maximum Gasteiger partial charge on any atom is 0.257 e. The Labute approximate surface area is 154 Å². The summed E-state index contributed by atoms with van der Waals surface area (Å²) in [6.45, 7) is 2.29. The highest BCUT2D eigenvalue weighted by Gasteiger charge is 2.16. The summed E-state index contributed by atoms with van der Waals surface area (Å²) in [4.78, 5) is 19.4. The number of thioether (sulfide) groups is 1. The number of carbonyl (C=O) groups excluding carboxylic acids is 1. The van der Waals surface area contributed by atoms with Gasteiger partial charge in [-0.3, -0.25) is 4.79 Å². The Hall–Kier alpha value is -2.67. The van der Waals surface area contributed by atoms with Crippen LogP contribution in [0.5, 0.6) is 0 Å². The largest absolute Gasteiger partial charge is 0.351 e. The normalized spacial score (nSPS) is 10.7. The van der Waals surface area contributed by atoms with Gasteiger partial charge >= 0.3 is 0 Å². The van der Waals surface area contributed by atoms with E-state index < -0.39 is 23.1 Å². The zero-order valence-corrected chi connectivity index (χ0v) is 14.9. The second kappa shape index (κ2) is 8.14. The molecular weight excluding hydrogens is 356 g/mol. The van der Waals surface area contributed by atoms with Crippen LogP contribution in [0.4, 0.5) is 8.78 Å². The molecule has 3 rings (SSSR count). The van der Waals surface area contributed by atoms with Crippen LogP contribution >= 0.6 is 11.8 Å². The number of amides is 1. The third kappa shape index (κ3) is 4.29. The average Bonchev–Trinajstić information content (AvgIpc) is 3.08. The molecule has 0 atom stereocenters. The molecule has 134 valence electrons. The number of halogens is 2. The molecule has 3 aromatic rings. The van der Waals surface area contributed by atoms with Crippen LogP contribution in [0.15, 0.2) is 53.8 Å². The number of rotatable bonds is 6. The third-order valence-corrected chi connectivity index (χ3v) is 4.62. The number of benzene rings is 2. The molecule has 2 N–H and O–H groups in total. The van der Waals surface area contributed by atoms with Crippen molar-refractivity contribution in [2.75, 3.05) is 12.3 Å². The van der Waals surface area contributed by atoms with Gasteiger partial charge in [0.2, 0.25) is 0 Å². The Balaban J connectivity index is 1.51. The third-order valence-electron chi connectivity index (χ3n) is 3.73. The van der Waals surface area contributed by atoms with Crippen LogP contribution in [0, 0.1) is 18.6 Å². The van der Waals surface area contributed by atoms with Crippen LogP contribution < -0.4 is 5.32 Å². The lowest BCUT2D eigenvalue weighted by atomic mass is 10.1. The molecule has 0 spiro atoms. The first kappa shape index (κ1) is 18.1. The minimum absolute atomic E-state index is 0.262. The molecule has 0 aliphatic carbocycles. The Morgan fingerprint density at radius 1 is 1.15 bits per heavy atom. The molecule has 26 heavy (non-hydrogen) atoms. The molecule has 4 nitrogen and oxygen atoms in total. The van der Waals surface area contributed by atoms with Crippen molar-refractivity contribution in [1.29, 1.82) is 0 Å². The average molecular weight is 373 g/mol. The van der Waals surface area contributed by atoms with E-state index in [1.54, 1.807) is 6.20 Å². The van der Waals surface area contributed by atoms with Crippen LogP contribution in [0.3, 0.4) is 0 Å². The molecule has 0 aliphatic rings. The fourth-order valence-corrected chi connectivity index (χ4v) is 3.08. The lowest BCUT2D eigenvalue weighted by Gasteiger charge is -2.06. The number of aromatic nitrogens is 2. The SMILES string of the molecule is Cc1ccc(-c2cnc(SCCNC(=O)c3c(F)cccc3F)[nH]2)cc1. The highest BCUT2D eigenvalue weighted by Crippen LogP contribution is 2.21. The van der Waals surface area contributed by atoms with E-state index in [0.29, 0.717) is 10.9 Å². The molecule has 1 aromatic heterocycles. The maximum absolute atomic E-state index is 13.5. The minimum atomic E-state index is -0.871. The summed E-state index contributed by atoms with van der Waals surface area (Å²) in [6, 6.07) is 11.4. The lowest BCUT2D eigenvalue weighted by Crippen LogP contribution is -2.27. The first-order valence-corrected chi connectivity index (χ1v) is 9.00. The highest BCUT2D eigenvalue weighted by atomic mass is 32.2. The molecule has 0 unspecified atom stereocenters. The number of imidazole rings is 1. The summed E-state index contributed by atoms with van der Waals surface area (Å²) in [5.74, 6) is -1.99. The molecule has 1 heterocycles. The summed E-state index contributed by atoms with van der Waals surface area (Å²) in [7, 11) is 0. The standard InChI is InChI=1S/C19H17F2N3OS/c1-12-5-7-13(8-6-12)16-11-23-19(24-16)26-10-9-22-18(25)17-14(20)3-2-4-15(17)21/h2-8,11H,9-10H2,1H3,(H,22,25)(H,23,24). The van der Waals surface area contributed by atoms with Gasteiger partial charge in [-0.1, -0.05) is 47.7 Å². The van der Waals surface area contributed by atoms with Crippen molar-refractivity contribution in [1.82, 2.24) is 15.3 Å². The van der Waals surface area contributed by atoms with Gasteiger partial charge in [-0.05, 0) is 24.6 Å². The number of nitrogens with one attached hydrogen (secondary N) is 2. The molecule has 0 fully saturated rings. The number of hydrogen-bond donors (Lipinski definition) is 2. The van der Waals surface area contributed by atoms with Crippen molar-refractivity contribution in [3.63, 3.8) is 0 Å². The predicted molar refractivity (Wildman–Crippen MR) is 98.2 cm³/mol. The molecule has 0 radical (unpaired) electrons. The van der Waals surface area contributed by atoms with Crippen molar-refractivity contribution in [3.8, 4) is 11.3 Å². The lowest BCUT2D eigenvalue weighted by molar-refractivity contribution is 0.0947. The smallest absolute Gasteiger partial charge is 0.257 e. The van der Waals surface area contributed by atoms with Crippen molar-refractivity contribution >= 4 is 17.7 Å². The second-order valence-corrected chi connectivity index (χ2v) is 6.75. The number of nitrogens with zero attached hydrogens (tertiary/aromatic N) is 1. The zero-order chi connectivity index (χ0) is 18.5. The van der Waals surface area contributed by atoms with Gasteiger partial charge in [0.05, 0.1) is 11.9 Å². The van der Waals surface area contributed by atoms with Crippen molar-refractivity contribution in [3.05, 3.63) is 71.4 Å². The molecule has 1 amide bonds. The minimum Gasteiger partial charge on any atom is -0.351 e. The van der Waals surface area contributed by atoms with Crippen molar-refractivity contribution in [2.24, 2.45) is 0 Å². The van der Waals surface area contributed by atoms with E-state index in [4.69, 9.17) is 0 Å². The molecule has 0 saturated heterocycles. The van der Waals surface area contributed by atoms with Gasteiger partial charge in [-0.2, -0.15) is 0 Å².